The fourth-order valence-corrected chi connectivity index (χ4v) is 6.24. The SMILES string of the molecule is O=C(CCCCCCCCC(=O)Nc1nc2c(Cl)c(Cl)ccc2s1)Nc1nc2c(Cl)c(Cl)ccc2s1. The van der Waals surface area contributed by atoms with E-state index in [9.17, 15) is 9.59 Å². The van der Waals surface area contributed by atoms with Crippen LogP contribution in [0.15, 0.2) is 24.3 Å². The lowest BCUT2D eigenvalue weighted by Crippen LogP contribution is -2.11. The van der Waals surface area contributed by atoms with Crippen LogP contribution in [0.1, 0.15) is 51.4 Å². The van der Waals surface area contributed by atoms with Gasteiger partial charge in [0.25, 0.3) is 0 Å². The van der Waals surface area contributed by atoms with Crippen LogP contribution < -0.4 is 10.6 Å². The van der Waals surface area contributed by atoms with Crippen LogP contribution in [0.25, 0.3) is 20.4 Å². The predicted molar refractivity (Wildman–Crippen MR) is 153 cm³/mol. The first kappa shape index (κ1) is 27.4. The van der Waals surface area contributed by atoms with Gasteiger partial charge in [-0.1, -0.05) is 94.8 Å². The maximum absolute atomic E-state index is 12.2. The third-order valence-electron chi connectivity index (χ3n) is 5.45. The molecule has 2 heterocycles. The first-order chi connectivity index (χ1) is 17.3. The number of nitrogens with one attached hydrogen (secondary N) is 2. The van der Waals surface area contributed by atoms with Gasteiger partial charge in [-0.2, -0.15) is 0 Å². The molecule has 2 amide bonds. The molecule has 0 fully saturated rings. The molecule has 0 radical (unpaired) electrons. The van der Waals surface area contributed by atoms with Crippen molar-refractivity contribution in [3.63, 3.8) is 0 Å². The number of hydrogen-bond acceptors (Lipinski definition) is 6. The van der Waals surface area contributed by atoms with Crippen LogP contribution in [-0.2, 0) is 9.59 Å². The second-order valence-corrected chi connectivity index (χ2v) is 11.8. The molecule has 0 saturated carbocycles. The molecule has 36 heavy (non-hydrogen) atoms. The highest BCUT2D eigenvalue weighted by Gasteiger charge is 2.13. The highest BCUT2D eigenvalue weighted by atomic mass is 35.5. The zero-order valence-corrected chi connectivity index (χ0v) is 23.7. The van der Waals surface area contributed by atoms with E-state index < -0.39 is 0 Å². The number of anilines is 2. The van der Waals surface area contributed by atoms with E-state index in [1.54, 1.807) is 12.1 Å². The monoisotopic (exact) mass is 602 g/mol. The summed E-state index contributed by atoms with van der Waals surface area (Å²) in [6, 6.07) is 7.12. The molecule has 0 aliphatic heterocycles. The first-order valence-electron chi connectivity index (χ1n) is 11.4. The number of hydrogen-bond donors (Lipinski definition) is 2. The molecule has 4 rings (SSSR count). The van der Waals surface area contributed by atoms with Crippen LogP contribution in [0.2, 0.25) is 20.1 Å². The summed E-state index contributed by atoms with van der Waals surface area (Å²) in [5, 5.41) is 8.41. The summed E-state index contributed by atoms with van der Waals surface area (Å²) in [6.45, 7) is 0. The zero-order valence-electron chi connectivity index (χ0n) is 19.0. The molecule has 0 aliphatic rings. The van der Waals surface area contributed by atoms with Crippen LogP contribution >= 0.6 is 69.1 Å². The van der Waals surface area contributed by atoms with Gasteiger partial charge in [0.05, 0.1) is 29.5 Å². The first-order valence-corrected chi connectivity index (χ1v) is 14.5. The molecular weight excluding hydrogens is 582 g/mol. The Kier molecular flexibility index (Phi) is 9.66. The summed E-state index contributed by atoms with van der Waals surface area (Å²) in [5.74, 6) is -0.127. The number of unbranched alkanes of at least 4 members (excludes halogenated alkanes) is 5. The Morgan fingerprint density at radius 3 is 1.44 bits per heavy atom. The Bertz CT molecular complexity index is 1300. The van der Waals surface area contributed by atoms with Gasteiger partial charge in [-0.05, 0) is 37.1 Å². The number of amides is 2. The molecule has 12 heteroatoms. The zero-order chi connectivity index (χ0) is 25.7. The average Bonchev–Trinajstić information content (AvgIpc) is 3.45. The summed E-state index contributed by atoms with van der Waals surface area (Å²) < 4.78 is 1.76. The van der Waals surface area contributed by atoms with Crippen LogP contribution in [-0.4, -0.2) is 21.8 Å². The lowest BCUT2D eigenvalue weighted by molar-refractivity contribution is -0.117. The summed E-state index contributed by atoms with van der Waals surface area (Å²) in [7, 11) is 0. The molecule has 0 atom stereocenters. The van der Waals surface area contributed by atoms with Crippen molar-refractivity contribution in [3.8, 4) is 0 Å². The molecule has 190 valence electrons. The summed E-state index contributed by atoms with van der Waals surface area (Å²) in [5.41, 5.74) is 1.21. The number of thiazole rings is 2. The molecule has 2 aromatic heterocycles. The van der Waals surface area contributed by atoms with E-state index in [0.29, 0.717) is 54.2 Å². The van der Waals surface area contributed by atoms with Crippen LogP contribution in [0, 0.1) is 0 Å². The number of benzene rings is 2. The lowest BCUT2D eigenvalue weighted by Gasteiger charge is -2.03. The van der Waals surface area contributed by atoms with E-state index >= 15 is 0 Å². The molecule has 2 aromatic carbocycles. The van der Waals surface area contributed by atoms with Gasteiger partial charge in [0.15, 0.2) is 10.3 Å². The Morgan fingerprint density at radius 2 is 1.03 bits per heavy atom. The largest absolute Gasteiger partial charge is 0.302 e. The number of fused-ring (bicyclic) bond motifs is 2. The van der Waals surface area contributed by atoms with Gasteiger partial charge >= 0.3 is 0 Å². The van der Waals surface area contributed by atoms with Gasteiger partial charge < -0.3 is 10.6 Å². The summed E-state index contributed by atoms with van der Waals surface area (Å²) >= 11 is 27.1. The average molecular weight is 604 g/mol. The van der Waals surface area contributed by atoms with Crippen molar-refractivity contribution in [1.29, 1.82) is 0 Å². The lowest BCUT2D eigenvalue weighted by atomic mass is 10.1. The number of rotatable bonds is 11. The van der Waals surface area contributed by atoms with Crippen LogP contribution in [0.3, 0.4) is 0 Å². The molecule has 0 unspecified atom stereocenters. The molecular formula is C24H22Cl4N4O2S2. The maximum Gasteiger partial charge on any atom is 0.226 e. The van der Waals surface area contributed by atoms with E-state index in [0.717, 1.165) is 47.9 Å². The van der Waals surface area contributed by atoms with Gasteiger partial charge in [-0.15, -0.1) is 0 Å². The minimum Gasteiger partial charge on any atom is -0.302 e. The Morgan fingerprint density at radius 1 is 0.639 bits per heavy atom. The molecule has 2 N–H and O–H groups in total. The van der Waals surface area contributed by atoms with Crippen molar-refractivity contribution >= 4 is 112 Å². The third-order valence-corrected chi connectivity index (χ3v) is 8.92. The number of nitrogens with zero attached hydrogens (tertiary/aromatic N) is 2. The topological polar surface area (TPSA) is 84.0 Å². The van der Waals surface area contributed by atoms with Gasteiger partial charge in [-0.3, -0.25) is 9.59 Å². The molecule has 6 nitrogen and oxygen atoms in total. The van der Waals surface area contributed by atoms with Crippen molar-refractivity contribution in [1.82, 2.24) is 9.97 Å². The quantitative estimate of drug-likeness (QED) is 0.167. The number of carbonyl (C=O) groups excluding carboxylic acids is 2. The van der Waals surface area contributed by atoms with Gasteiger partial charge in [0.2, 0.25) is 11.8 Å². The Hall–Kier alpha value is -1.68. The Balaban J connectivity index is 1.08. The second kappa shape index (κ2) is 12.7. The highest BCUT2D eigenvalue weighted by Crippen LogP contribution is 2.36. The number of carbonyl (C=O) groups is 2. The minimum absolute atomic E-state index is 0.0636. The Labute approximate surface area is 236 Å². The third kappa shape index (κ3) is 7.00. The van der Waals surface area contributed by atoms with Crippen molar-refractivity contribution in [2.75, 3.05) is 10.6 Å². The van der Waals surface area contributed by atoms with Crippen molar-refractivity contribution < 1.29 is 9.59 Å². The maximum atomic E-state index is 12.2. The molecule has 0 spiro atoms. The fourth-order valence-electron chi connectivity index (χ4n) is 3.62. The van der Waals surface area contributed by atoms with Crippen molar-refractivity contribution in [2.45, 2.75) is 51.4 Å². The molecule has 0 aliphatic carbocycles. The number of halogens is 4. The predicted octanol–water partition coefficient (Wildman–Crippen LogP) is 9.22. The molecule has 0 saturated heterocycles. The van der Waals surface area contributed by atoms with E-state index in [4.69, 9.17) is 46.4 Å². The van der Waals surface area contributed by atoms with Crippen LogP contribution in [0.4, 0.5) is 10.3 Å². The van der Waals surface area contributed by atoms with Crippen molar-refractivity contribution in [2.24, 2.45) is 0 Å². The molecule has 4 aromatic rings. The van der Waals surface area contributed by atoms with Gasteiger partial charge in [-0.25, -0.2) is 9.97 Å². The van der Waals surface area contributed by atoms with E-state index in [-0.39, 0.29) is 11.8 Å². The van der Waals surface area contributed by atoms with Gasteiger partial charge in [0, 0.05) is 12.8 Å². The summed E-state index contributed by atoms with van der Waals surface area (Å²) in [4.78, 5) is 33.2. The second-order valence-electron chi connectivity index (χ2n) is 8.17. The standard InChI is InChI=1S/C24H22Cl4N4O2S2/c25-13-9-11-15-21(19(13)27)31-23(35-15)29-17(33)7-5-3-1-2-4-6-8-18(34)30-24-32-22-16(36-24)12-10-14(26)20(22)28/h9-12H,1-8H2,(H,29,31,33)(H,30,32,34). The van der Waals surface area contributed by atoms with Gasteiger partial charge in [0.1, 0.15) is 11.0 Å². The summed E-state index contributed by atoms with van der Waals surface area (Å²) in [6.07, 6.45) is 6.41. The molecule has 0 bridgehead atoms. The van der Waals surface area contributed by atoms with E-state index in [2.05, 4.69) is 20.6 Å². The normalized spacial score (nSPS) is 11.3. The highest BCUT2D eigenvalue weighted by molar-refractivity contribution is 7.22. The van der Waals surface area contributed by atoms with Crippen LogP contribution in [0.5, 0.6) is 0 Å². The van der Waals surface area contributed by atoms with E-state index in [1.807, 2.05) is 12.1 Å². The fraction of sp³-hybridized carbons (Fsp3) is 0.333. The minimum atomic E-state index is -0.0636. The van der Waals surface area contributed by atoms with E-state index in [1.165, 1.54) is 22.7 Å². The van der Waals surface area contributed by atoms with Crippen molar-refractivity contribution in [3.05, 3.63) is 44.4 Å². The smallest absolute Gasteiger partial charge is 0.226 e. The number of aromatic nitrogens is 2.